The number of pyridine rings is 2. The molecule has 0 saturated carbocycles. The molecule has 38 heavy (non-hydrogen) atoms. The van der Waals surface area contributed by atoms with E-state index in [-0.39, 0.29) is 44.9 Å². The van der Waals surface area contributed by atoms with Crippen LogP contribution in [0, 0.1) is 5.82 Å². The first-order valence-corrected chi connectivity index (χ1v) is 11.5. The molecule has 0 unspecified atom stereocenters. The number of aromatic nitrogens is 2. The standard InChI is InChI=1S/C28H18FN3O6/c1-37-20-10-8-16-21-23(14-5-3-4-6-15(14)25(21)34)32(28(36)22(16)26(20)38-2)31-27(35)18-12-30-19-9-7-13(29)11-17(19)24(18)33/h3-12H,1-2H3,(H,30,33)(H,31,35). The molecule has 10 heteroatoms. The molecule has 3 aromatic carbocycles. The maximum atomic E-state index is 13.9. The van der Waals surface area contributed by atoms with Gasteiger partial charge in [-0.3, -0.25) is 24.6 Å². The van der Waals surface area contributed by atoms with Crippen molar-refractivity contribution in [3.05, 3.63) is 104 Å². The van der Waals surface area contributed by atoms with Crippen molar-refractivity contribution in [2.24, 2.45) is 0 Å². The van der Waals surface area contributed by atoms with Crippen molar-refractivity contribution in [2.75, 3.05) is 19.6 Å². The summed E-state index contributed by atoms with van der Waals surface area (Å²) in [4.78, 5) is 56.7. The predicted molar refractivity (Wildman–Crippen MR) is 138 cm³/mol. The summed E-state index contributed by atoms with van der Waals surface area (Å²) in [6.45, 7) is 0. The Labute approximate surface area is 213 Å². The van der Waals surface area contributed by atoms with Gasteiger partial charge in [0.25, 0.3) is 11.5 Å². The first-order chi connectivity index (χ1) is 18.3. The van der Waals surface area contributed by atoms with E-state index in [0.717, 1.165) is 10.7 Å². The van der Waals surface area contributed by atoms with E-state index in [9.17, 15) is 23.6 Å². The van der Waals surface area contributed by atoms with Crippen molar-refractivity contribution in [3.63, 3.8) is 0 Å². The monoisotopic (exact) mass is 511 g/mol. The molecule has 0 radical (unpaired) electrons. The number of ketones is 1. The molecule has 1 aliphatic carbocycles. The number of benzene rings is 3. The summed E-state index contributed by atoms with van der Waals surface area (Å²) in [5.74, 6) is -1.57. The molecule has 0 fully saturated rings. The molecule has 0 atom stereocenters. The van der Waals surface area contributed by atoms with Crippen molar-refractivity contribution in [1.82, 2.24) is 9.66 Å². The Hall–Kier alpha value is -5.25. The Balaban J connectivity index is 1.63. The van der Waals surface area contributed by atoms with E-state index in [4.69, 9.17) is 9.47 Å². The molecule has 1 amide bonds. The van der Waals surface area contributed by atoms with Crippen molar-refractivity contribution >= 4 is 33.4 Å². The first-order valence-electron chi connectivity index (χ1n) is 11.5. The maximum absolute atomic E-state index is 13.9. The highest BCUT2D eigenvalue weighted by Gasteiger charge is 2.34. The summed E-state index contributed by atoms with van der Waals surface area (Å²) in [7, 11) is 2.77. The highest BCUT2D eigenvalue weighted by Crippen LogP contribution is 2.42. The zero-order valence-electron chi connectivity index (χ0n) is 20.0. The molecule has 0 spiro atoms. The Morgan fingerprint density at radius 2 is 1.71 bits per heavy atom. The van der Waals surface area contributed by atoms with Gasteiger partial charge in [0.1, 0.15) is 11.4 Å². The minimum Gasteiger partial charge on any atom is -0.493 e. The van der Waals surface area contributed by atoms with E-state index in [0.29, 0.717) is 22.0 Å². The minimum atomic E-state index is -0.931. The number of hydrogen-bond acceptors (Lipinski definition) is 6. The largest absolute Gasteiger partial charge is 0.493 e. The topological polar surface area (TPSA) is 119 Å². The van der Waals surface area contributed by atoms with Crippen molar-refractivity contribution < 1.29 is 23.5 Å². The van der Waals surface area contributed by atoms with Crippen LogP contribution in [-0.4, -0.2) is 35.6 Å². The lowest BCUT2D eigenvalue weighted by atomic mass is 10.0. The zero-order valence-corrected chi connectivity index (χ0v) is 20.0. The molecular weight excluding hydrogens is 493 g/mol. The second-order valence-electron chi connectivity index (χ2n) is 8.62. The Morgan fingerprint density at radius 3 is 2.45 bits per heavy atom. The number of rotatable bonds is 4. The quantitative estimate of drug-likeness (QED) is 0.373. The smallest absolute Gasteiger partial charge is 0.281 e. The summed E-state index contributed by atoms with van der Waals surface area (Å²) >= 11 is 0. The third kappa shape index (κ3) is 3.16. The lowest BCUT2D eigenvalue weighted by Gasteiger charge is -2.18. The number of methoxy groups -OCH3 is 2. The normalized spacial score (nSPS) is 11.9. The van der Waals surface area contributed by atoms with Gasteiger partial charge in [-0.15, -0.1) is 0 Å². The van der Waals surface area contributed by atoms with Gasteiger partial charge >= 0.3 is 0 Å². The lowest BCUT2D eigenvalue weighted by Crippen LogP contribution is -2.37. The van der Waals surface area contributed by atoms with E-state index in [1.807, 2.05) is 0 Å². The number of aromatic amines is 1. The average Bonchev–Trinajstić information content (AvgIpc) is 3.22. The van der Waals surface area contributed by atoms with Crippen LogP contribution >= 0.6 is 0 Å². The number of amides is 1. The number of nitrogens with zero attached hydrogens (tertiary/aromatic N) is 1. The summed E-state index contributed by atoms with van der Waals surface area (Å²) in [6, 6.07) is 13.5. The summed E-state index contributed by atoms with van der Waals surface area (Å²) in [6.07, 6.45) is 1.19. The van der Waals surface area contributed by atoms with Crippen LogP contribution < -0.4 is 25.9 Å². The van der Waals surface area contributed by atoms with Gasteiger partial charge in [0.05, 0.1) is 30.9 Å². The van der Waals surface area contributed by atoms with Crippen molar-refractivity contribution in [3.8, 4) is 22.8 Å². The van der Waals surface area contributed by atoms with Gasteiger partial charge < -0.3 is 14.5 Å². The minimum absolute atomic E-state index is 0.0153. The highest BCUT2D eigenvalue weighted by molar-refractivity contribution is 6.27. The summed E-state index contributed by atoms with van der Waals surface area (Å²) in [5.41, 5.74) is 2.22. The molecule has 2 N–H and O–H groups in total. The fourth-order valence-electron chi connectivity index (χ4n) is 4.94. The summed E-state index contributed by atoms with van der Waals surface area (Å²) in [5, 5.41) is 0.315. The highest BCUT2D eigenvalue weighted by atomic mass is 19.1. The molecular formula is C28H18FN3O6. The molecule has 2 aromatic heterocycles. The van der Waals surface area contributed by atoms with Crippen LogP contribution in [0.25, 0.3) is 32.9 Å². The Morgan fingerprint density at radius 1 is 0.947 bits per heavy atom. The molecule has 188 valence electrons. The fourth-order valence-corrected chi connectivity index (χ4v) is 4.94. The lowest BCUT2D eigenvalue weighted by molar-refractivity contribution is 0.100. The molecule has 9 nitrogen and oxygen atoms in total. The van der Waals surface area contributed by atoms with E-state index < -0.39 is 22.7 Å². The van der Waals surface area contributed by atoms with Crippen LogP contribution in [0.1, 0.15) is 26.3 Å². The van der Waals surface area contributed by atoms with E-state index >= 15 is 0 Å². The fraction of sp³-hybridized carbons (Fsp3) is 0.0714. The average molecular weight is 511 g/mol. The molecule has 0 saturated heterocycles. The van der Waals surface area contributed by atoms with Crippen LogP contribution in [0.3, 0.4) is 0 Å². The van der Waals surface area contributed by atoms with E-state index in [2.05, 4.69) is 10.4 Å². The van der Waals surface area contributed by atoms with Crippen LogP contribution in [0.15, 0.2) is 70.4 Å². The number of H-pyrrole nitrogens is 1. The number of fused-ring (bicyclic) bond motifs is 6. The molecule has 2 heterocycles. The first kappa shape index (κ1) is 23.2. The van der Waals surface area contributed by atoms with E-state index in [1.54, 1.807) is 36.4 Å². The van der Waals surface area contributed by atoms with Gasteiger partial charge in [-0.25, -0.2) is 9.07 Å². The number of nitrogens with one attached hydrogen (secondary N) is 2. The van der Waals surface area contributed by atoms with Gasteiger partial charge in [0.15, 0.2) is 17.3 Å². The van der Waals surface area contributed by atoms with Crippen molar-refractivity contribution in [2.45, 2.75) is 0 Å². The second-order valence-corrected chi connectivity index (χ2v) is 8.62. The third-order valence-electron chi connectivity index (χ3n) is 6.65. The SMILES string of the molecule is COc1ccc2c3c(n(NC(=O)c4c[nH]c5ccc(F)cc5c4=O)c(=O)c2c1OC)-c1ccccc1C3=O. The molecule has 1 aliphatic rings. The molecule has 5 aromatic rings. The van der Waals surface area contributed by atoms with Gasteiger partial charge in [-0.05, 0) is 30.3 Å². The third-order valence-corrected chi connectivity index (χ3v) is 6.65. The van der Waals surface area contributed by atoms with Crippen LogP contribution in [0.5, 0.6) is 11.5 Å². The molecule has 6 rings (SSSR count). The Bertz CT molecular complexity index is 1970. The second kappa shape index (κ2) is 8.41. The summed E-state index contributed by atoms with van der Waals surface area (Å²) < 4.78 is 25.6. The van der Waals surface area contributed by atoms with Crippen LogP contribution in [0.2, 0.25) is 0 Å². The van der Waals surface area contributed by atoms with Crippen LogP contribution in [0.4, 0.5) is 4.39 Å². The van der Waals surface area contributed by atoms with Crippen LogP contribution in [-0.2, 0) is 0 Å². The van der Waals surface area contributed by atoms with Crippen molar-refractivity contribution in [1.29, 1.82) is 0 Å². The molecule has 0 aliphatic heterocycles. The number of hydrogen-bond donors (Lipinski definition) is 2. The number of carbonyl (C=O) groups is 2. The van der Waals surface area contributed by atoms with Gasteiger partial charge in [0, 0.05) is 33.6 Å². The Kier molecular flexibility index (Phi) is 5.13. The number of halogens is 1. The number of carbonyl (C=O) groups excluding carboxylic acids is 2. The van der Waals surface area contributed by atoms with Gasteiger partial charge in [0.2, 0.25) is 5.43 Å². The van der Waals surface area contributed by atoms with Gasteiger partial charge in [-0.1, -0.05) is 24.3 Å². The predicted octanol–water partition coefficient (Wildman–Crippen LogP) is 3.59. The zero-order chi connectivity index (χ0) is 26.7. The molecule has 0 bridgehead atoms. The maximum Gasteiger partial charge on any atom is 0.281 e. The van der Waals surface area contributed by atoms with Gasteiger partial charge in [-0.2, -0.15) is 0 Å². The number of ether oxygens (including phenoxy) is 2. The van der Waals surface area contributed by atoms with E-state index in [1.165, 1.54) is 32.5 Å².